The van der Waals surface area contributed by atoms with Gasteiger partial charge in [0, 0.05) is 19.3 Å². The van der Waals surface area contributed by atoms with Gasteiger partial charge in [0.1, 0.15) is 12.7 Å². The van der Waals surface area contributed by atoms with Crippen LogP contribution in [-0.4, -0.2) is 35.7 Å². The van der Waals surface area contributed by atoms with Crippen LogP contribution in [-0.2, 0) is 23.9 Å². The zero-order chi connectivity index (χ0) is 21.0. The van der Waals surface area contributed by atoms with Crippen molar-refractivity contribution < 1.29 is 29.0 Å². The number of ether oxygens (including phenoxy) is 2. The van der Waals surface area contributed by atoms with E-state index in [2.05, 4.69) is 13.8 Å². The molecule has 0 aromatic rings. The monoisotopic (exact) mass is 400 g/mol. The summed E-state index contributed by atoms with van der Waals surface area (Å²) in [6.07, 6.45) is 11.6. The maximum absolute atomic E-state index is 12.1. The topological polar surface area (TPSA) is 89.9 Å². The van der Waals surface area contributed by atoms with E-state index in [-0.39, 0.29) is 37.5 Å². The fourth-order valence-electron chi connectivity index (χ4n) is 2.90. The first-order valence-corrected chi connectivity index (χ1v) is 11.1. The number of unbranched alkanes of at least 4 members (excludes halogenated alkanes) is 8. The van der Waals surface area contributed by atoms with Gasteiger partial charge in [-0.2, -0.15) is 0 Å². The molecule has 0 saturated heterocycles. The van der Waals surface area contributed by atoms with Gasteiger partial charge in [0.15, 0.2) is 0 Å². The maximum atomic E-state index is 12.1. The summed E-state index contributed by atoms with van der Waals surface area (Å²) in [5.41, 5.74) is 0. The first kappa shape index (κ1) is 26.4. The third-order valence-corrected chi connectivity index (χ3v) is 4.61. The van der Waals surface area contributed by atoms with Crippen LogP contribution in [0.15, 0.2) is 0 Å². The van der Waals surface area contributed by atoms with Gasteiger partial charge in [0.25, 0.3) is 0 Å². The van der Waals surface area contributed by atoms with Crippen LogP contribution >= 0.6 is 0 Å². The summed E-state index contributed by atoms with van der Waals surface area (Å²) in [7, 11) is 0. The molecule has 0 bridgehead atoms. The maximum Gasteiger partial charge on any atom is 0.306 e. The van der Waals surface area contributed by atoms with Gasteiger partial charge in [-0.15, -0.1) is 0 Å². The molecule has 0 spiro atoms. The van der Waals surface area contributed by atoms with Gasteiger partial charge in [-0.1, -0.05) is 58.8 Å². The Morgan fingerprint density at radius 3 is 1.89 bits per heavy atom. The number of carboxylic acids is 1. The summed E-state index contributed by atoms with van der Waals surface area (Å²) in [6.45, 7) is 4.39. The Kier molecular flexibility index (Phi) is 17.7. The highest BCUT2D eigenvalue weighted by atomic mass is 16.6. The number of hydrogen-bond donors (Lipinski definition) is 1. The summed E-state index contributed by atoms with van der Waals surface area (Å²) >= 11 is 0. The third kappa shape index (κ3) is 17.8. The Labute approximate surface area is 170 Å². The molecular weight excluding hydrogens is 360 g/mol. The smallest absolute Gasteiger partial charge is 0.306 e. The van der Waals surface area contributed by atoms with Gasteiger partial charge in [0.05, 0.1) is 0 Å². The standard InChI is InChI=1S/C22H40O6/c1-3-5-7-9-11-17-22(26)28-19(14-10-8-6-4-2)18-27-21(25)16-13-12-15-20(23)24/h19H,3-18H2,1-2H3,(H,23,24). The number of carboxylic acid groups (broad SMARTS) is 1. The lowest BCUT2D eigenvalue weighted by atomic mass is 10.1. The van der Waals surface area contributed by atoms with Gasteiger partial charge in [-0.25, -0.2) is 0 Å². The van der Waals surface area contributed by atoms with Crippen LogP contribution in [0.4, 0.5) is 0 Å². The predicted molar refractivity (Wildman–Crippen MR) is 109 cm³/mol. The molecule has 1 unspecified atom stereocenters. The van der Waals surface area contributed by atoms with E-state index in [1.807, 2.05) is 0 Å². The molecule has 164 valence electrons. The fraction of sp³-hybridized carbons (Fsp3) is 0.864. The predicted octanol–water partition coefficient (Wildman–Crippen LogP) is 5.42. The van der Waals surface area contributed by atoms with Crippen molar-refractivity contribution >= 4 is 17.9 Å². The summed E-state index contributed by atoms with van der Waals surface area (Å²) in [5, 5.41) is 8.60. The first-order valence-electron chi connectivity index (χ1n) is 11.1. The number of aliphatic carboxylic acids is 1. The molecule has 0 heterocycles. The highest BCUT2D eigenvalue weighted by Gasteiger charge is 2.17. The Morgan fingerprint density at radius 2 is 1.25 bits per heavy atom. The van der Waals surface area contributed by atoms with Crippen molar-refractivity contribution in [3.05, 3.63) is 0 Å². The van der Waals surface area contributed by atoms with Crippen LogP contribution in [0.1, 0.15) is 110 Å². The van der Waals surface area contributed by atoms with Crippen molar-refractivity contribution in [2.24, 2.45) is 0 Å². The van der Waals surface area contributed by atoms with E-state index in [4.69, 9.17) is 14.6 Å². The number of hydrogen-bond acceptors (Lipinski definition) is 5. The molecule has 1 atom stereocenters. The molecule has 0 rings (SSSR count). The van der Waals surface area contributed by atoms with Crippen LogP contribution in [0.3, 0.4) is 0 Å². The minimum atomic E-state index is -0.859. The molecule has 0 aliphatic carbocycles. The van der Waals surface area contributed by atoms with E-state index >= 15 is 0 Å². The number of carbonyl (C=O) groups excluding carboxylic acids is 2. The van der Waals surface area contributed by atoms with Gasteiger partial charge in [-0.05, 0) is 32.1 Å². The Balaban J connectivity index is 4.17. The quantitative estimate of drug-likeness (QED) is 0.230. The minimum Gasteiger partial charge on any atom is -0.481 e. The van der Waals surface area contributed by atoms with E-state index in [0.29, 0.717) is 25.7 Å². The van der Waals surface area contributed by atoms with Crippen molar-refractivity contribution in [3.8, 4) is 0 Å². The van der Waals surface area contributed by atoms with E-state index in [9.17, 15) is 14.4 Å². The average molecular weight is 401 g/mol. The fourth-order valence-corrected chi connectivity index (χ4v) is 2.90. The van der Waals surface area contributed by atoms with E-state index in [1.54, 1.807) is 0 Å². The van der Waals surface area contributed by atoms with Crippen molar-refractivity contribution in [2.45, 2.75) is 116 Å². The van der Waals surface area contributed by atoms with Crippen molar-refractivity contribution in [1.29, 1.82) is 0 Å². The van der Waals surface area contributed by atoms with Gasteiger partial charge in [0.2, 0.25) is 0 Å². The van der Waals surface area contributed by atoms with Crippen molar-refractivity contribution in [3.63, 3.8) is 0 Å². The van der Waals surface area contributed by atoms with E-state index in [0.717, 1.165) is 44.9 Å². The Morgan fingerprint density at radius 1 is 0.714 bits per heavy atom. The zero-order valence-electron chi connectivity index (χ0n) is 17.9. The normalized spacial score (nSPS) is 11.8. The third-order valence-electron chi connectivity index (χ3n) is 4.61. The summed E-state index contributed by atoms with van der Waals surface area (Å²) < 4.78 is 10.8. The van der Waals surface area contributed by atoms with E-state index in [1.165, 1.54) is 12.8 Å². The molecule has 6 heteroatoms. The molecule has 1 N–H and O–H groups in total. The van der Waals surface area contributed by atoms with Crippen LogP contribution < -0.4 is 0 Å². The molecule has 28 heavy (non-hydrogen) atoms. The molecule has 0 aliphatic rings. The minimum absolute atomic E-state index is 0.0587. The number of esters is 2. The number of rotatable bonds is 19. The molecule has 6 nitrogen and oxygen atoms in total. The van der Waals surface area contributed by atoms with Crippen LogP contribution in [0, 0.1) is 0 Å². The summed E-state index contributed by atoms with van der Waals surface area (Å²) in [6, 6.07) is 0. The lowest BCUT2D eigenvalue weighted by molar-refractivity contribution is -0.159. The largest absolute Gasteiger partial charge is 0.481 e. The van der Waals surface area contributed by atoms with Gasteiger partial charge < -0.3 is 14.6 Å². The second-order valence-electron chi connectivity index (χ2n) is 7.41. The Hall–Kier alpha value is -1.59. The van der Waals surface area contributed by atoms with Crippen LogP contribution in [0.5, 0.6) is 0 Å². The summed E-state index contributed by atoms with van der Waals surface area (Å²) in [4.78, 5) is 34.4. The highest BCUT2D eigenvalue weighted by molar-refractivity contribution is 5.70. The molecule has 0 radical (unpaired) electrons. The van der Waals surface area contributed by atoms with Crippen LogP contribution in [0.2, 0.25) is 0 Å². The molecule has 0 saturated carbocycles. The molecule has 0 amide bonds. The molecule has 0 aliphatic heterocycles. The molecular formula is C22H40O6. The summed E-state index contributed by atoms with van der Waals surface area (Å²) in [5.74, 6) is -1.43. The zero-order valence-corrected chi connectivity index (χ0v) is 17.9. The van der Waals surface area contributed by atoms with Crippen molar-refractivity contribution in [1.82, 2.24) is 0 Å². The van der Waals surface area contributed by atoms with Crippen molar-refractivity contribution in [2.75, 3.05) is 6.61 Å². The lowest BCUT2D eigenvalue weighted by Crippen LogP contribution is -2.25. The van der Waals surface area contributed by atoms with Gasteiger partial charge >= 0.3 is 17.9 Å². The highest BCUT2D eigenvalue weighted by Crippen LogP contribution is 2.13. The average Bonchev–Trinajstić information content (AvgIpc) is 2.66. The first-order chi connectivity index (χ1) is 13.5. The number of carbonyl (C=O) groups is 3. The molecule has 0 aromatic carbocycles. The SMILES string of the molecule is CCCCCCCC(=O)OC(CCCCCC)COC(=O)CCCCC(=O)O. The second-order valence-corrected chi connectivity index (χ2v) is 7.41. The van der Waals surface area contributed by atoms with Crippen LogP contribution in [0.25, 0.3) is 0 Å². The Bertz CT molecular complexity index is 421. The lowest BCUT2D eigenvalue weighted by Gasteiger charge is -2.18. The van der Waals surface area contributed by atoms with E-state index < -0.39 is 5.97 Å². The molecule has 0 fully saturated rings. The molecule has 0 aromatic heterocycles. The van der Waals surface area contributed by atoms with Gasteiger partial charge in [-0.3, -0.25) is 14.4 Å². The second kappa shape index (κ2) is 18.8.